The van der Waals surface area contributed by atoms with E-state index >= 15 is 0 Å². The fourth-order valence-electron chi connectivity index (χ4n) is 4.20. The van der Waals surface area contributed by atoms with Crippen LogP contribution >= 0.6 is 0 Å². The molecule has 0 saturated carbocycles. The predicted molar refractivity (Wildman–Crippen MR) is 132 cm³/mol. The molecule has 0 fully saturated rings. The quantitative estimate of drug-likeness (QED) is 0.0611. The Hall–Kier alpha value is -3.83. The normalized spacial score (nSPS) is 15.4. The van der Waals surface area contributed by atoms with E-state index in [0.29, 0.717) is 53.9 Å². The van der Waals surface area contributed by atoms with Crippen molar-refractivity contribution in [1.82, 2.24) is 0 Å². The standard InChI is InChI=1S/C27H26F6N2O4/c28-26(29,30)20-13-17(14-21(16-20)27(31,32)33)12-19-8-7-18-15-22(9-10-23(18)25(19)38)34-35(39)11-5-3-1-2-4-6-24(36)37/h9-16,34H,1-8H2,(H,36,37)/b19-12+,35-11+. The van der Waals surface area contributed by atoms with Crippen LogP contribution in [0, 0.1) is 5.21 Å². The zero-order valence-electron chi connectivity index (χ0n) is 20.7. The van der Waals surface area contributed by atoms with Crippen molar-refractivity contribution in [3.05, 3.63) is 75.0 Å². The maximum atomic E-state index is 13.2. The fraction of sp³-hybridized carbons (Fsp3) is 0.370. The van der Waals surface area contributed by atoms with E-state index in [1.54, 1.807) is 6.07 Å². The van der Waals surface area contributed by atoms with Crippen molar-refractivity contribution >= 4 is 29.7 Å². The zero-order valence-corrected chi connectivity index (χ0v) is 20.7. The van der Waals surface area contributed by atoms with Gasteiger partial charge in [-0.05, 0) is 79.3 Å². The number of fused-ring (bicyclic) bond motifs is 1. The van der Waals surface area contributed by atoms with Crippen LogP contribution in [0.1, 0.15) is 77.6 Å². The third-order valence-electron chi connectivity index (χ3n) is 6.14. The van der Waals surface area contributed by atoms with Crippen molar-refractivity contribution in [2.75, 3.05) is 5.43 Å². The van der Waals surface area contributed by atoms with Crippen LogP contribution in [0.4, 0.5) is 32.0 Å². The lowest BCUT2D eigenvalue weighted by atomic mass is 9.85. The maximum Gasteiger partial charge on any atom is 0.416 e. The Balaban J connectivity index is 1.69. The van der Waals surface area contributed by atoms with Crippen molar-refractivity contribution in [2.24, 2.45) is 0 Å². The summed E-state index contributed by atoms with van der Waals surface area (Å²) in [6.45, 7) is 0. The molecule has 1 aliphatic carbocycles. The SMILES string of the molecule is O=C(O)CCCCCC/C=[N+](/[O-])Nc1ccc2c(c1)CC/C(=C\c1cc(C(F)(F)F)cc(C(F)(F)F)c1)C2=O. The van der Waals surface area contributed by atoms with E-state index in [4.69, 9.17) is 5.11 Å². The number of nitrogens with zero attached hydrogens (tertiary/aromatic N) is 1. The summed E-state index contributed by atoms with van der Waals surface area (Å²) < 4.78 is 79.0. The Bertz CT molecular complexity index is 1250. The molecule has 6 nitrogen and oxygen atoms in total. The number of carbonyl (C=O) groups is 2. The van der Waals surface area contributed by atoms with E-state index in [9.17, 15) is 41.1 Å². The summed E-state index contributed by atoms with van der Waals surface area (Å²) in [6.07, 6.45) is -3.72. The molecule has 0 aliphatic heterocycles. The van der Waals surface area contributed by atoms with Gasteiger partial charge in [-0.2, -0.15) is 31.8 Å². The number of halogens is 6. The number of rotatable bonds is 10. The number of benzene rings is 2. The third-order valence-corrected chi connectivity index (χ3v) is 6.14. The van der Waals surface area contributed by atoms with Gasteiger partial charge in [-0.1, -0.05) is 17.7 Å². The van der Waals surface area contributed by atoms with Crippen molar-refractivity contribution < 1.29 is 45.9 Å². The average Bonchev–Trinajstić information content (AvgIpc) is 2.84. The lowest BCUT2D eigenvalue weighted by molar-refractivity contribution is -0.418. The first-order valence-corrected chi connectivity index (χ1v) is 12.2. The van der Waals surface area contributed by atoms with Crippen molar-refractivity contribution in [3.8, 4) is 0 Å². The van der Waals surface area contributed by atoms with E-state index in [1.807, 2.05) is 0 Å². The topological polar surface area (TPSA) is 92.5 Å². The molecule has 0 spiro atoms. The highest BCUT2D eigenvalue weighted by molar-refractivity contribution is 6.13. The summed E-state index contributed by atoms with van der Waals surface area (Å²) in [7, 11) is 0. The number of allylic oxidation sites excluding steroid dienone is 1. The van der Waals surface area contributed by atoms with Gasteiger partial charge in [-0.3, -0.25) is 9.59 Å². The molecule has 0 unspecified atom stereocenters. The van der Waals surface area contributed by atoms with Crippen LogP contribution in [0.2, 0.25) is 0 Å². The van der Waals surface area contributed by atoms with Gasteiger partial charge in [0.2, 0.25) is 0 Å². The molecule has 2 aromatic carbocycles. The monoisotopic (exact) mass is 556 g/mol. The molecule has 1 aliphatic rings. The highest BCUT2D eigenvalue weighted by Crippen LogP contribution is 2.37. The number of carboxylic acid groups (broad SMARTS) is 1. The Kier molecular flexibility index (Phi) is 9.41. The summed E-state index contributed by atoms with van der Waals surface area (Å²) >= 11 is 0. The number of hydrogen-bond acceptors (Lipinski definition) is 4. The van der Waals surface area contributed by atoms with Gasteiger partial charge in [0.25, 0.3) is 0 Å². The van der Waals surface area contributed by atoms with Gasteiger partial charge in [0.1, 0.15) is 0 Å². The van der Waals surface area contributed by atoms with Crippen LogP contribution in [0.5, 0.6) is 0 Å². The number of Topliss-reactive ketones (excluding diaryl/α,β-unsaturated/α-hetero) is 1. The van der Waals surface area contributed by atoms with Gasteiger partial charge in [-0.25, -0.2) is 0 Å². The number of aryl methyl sites for hydroxylation is 1. The summed E-state index contributed by atoms with van der Waals surface area (Å²) in [5.74, 6) is -1.35. The maximum absolute atomic E-state index is 13.2. The third kappa shape index (κ3) is 8.59. The first kappa shape index (κ1) is 29.7. The number of nitrogens with one attached hydrogen (secondary N) is 1. The number of hydrazine groups is 1. The number of carboxylic acids is 1. The number of hydrogen-bond donors (Lipinski definition) is 2. The van der Waals surface area contributed by atoms with E-state index in [0.717, 1.165) is 18.9 Å². The van der Waals surface area contributed by atoms with E-state index in [-0.39, 0.29) is 35.6 Å². The van der Waals surface area contributed by atoms with Gasteiger partial charge in [-0.15, -0.1) is 0 Å². The lowest BCUT2D eigenvalue weighted by Gasteiger charge is -2.19. The first-order valence-electron chi connectivity index (χ1n) is 12.2. The second-order valence-electron chi connectivity index (χ2n) is 9.18. The van der Waals surface area contributed by atoms with E-state index in [1.165, 1.54) is 18.3 Å². The van der Waals surface area contributed by atoms with Crippen LogP contribution in [-0.2, 0) is 23.6 Å². The second-order valence-corrected chi connectivity index (χ2v) is 9.18. The highest BCUT2D eigenvalue weighted by atomic mass is 19.4. The Morgan fingerprint density at radius 1 is 0.949 bits per heavy atom. The molecule has 3 rings (SSSR count). The van der Waals surface area contributed by atoms with Gasteiger partial charge in [0.05, 0.1) is 16.8 Å². The van der Waals surface area contributed by atoms with Crippen molar-refractivity contribution in [3.63, 3.8) is 0 Å². The molecular weight excluding hydrogens is 530 g/mol. The van der Waals surface area contributed by atoms with Crippen LogP contribution < -0.4 is 5.43 Å². The molecule has 39 heavy (non-hydrogen) atoms. The minimum Gasteiger partial charge on any atom is -0.596 e. The molecular formula is C27H26F6N2O4. The van der Waals surface area contributed by atoms with E-state index in [2.05, 4.69) is 5.43 Å². The number of alkyl halides is 6. The van der Waals surface area contributed by atoms with E-state index < -0.39 is 35.2 Å². The fourth-order valence-corrected chi connectivity index (χ4v) is 4.20. The predicted octanol–water partition coefficient (Wildman–Crippen LogP) is 7.27. The number of carbonyl (C=O) groups excluding carboxylic acids is 1. The lowest BCUT2D eigenvalue weighted by Crippen LogP contribution is -2.17. The van der Waals surface area contributed by atoms with Gasteiger partial charge < -0.3 is 10.3 Å². The second kappa shape index (κ2) is 12.4. The van der Waals surface area contributed by atoms with Crippen LogP contribution in [0.15, 0.2) is 42.0 Å². The minimum absolute atomic E-state index is 0.0355. The molecule has 0 amide bonds. The summed E-state index contributed by atoms with van der Waals surface area (Å²) in [6, 6.07) is 5.72. The molecule has 0 aromatic heterocycles. The minimum atomic E-state index is -4.99. The van der Waals surface area contributed by atoms with Crippen LogP contribution in [0.3, 0.4) is 0 Å². The molecule has 0 saturated heterocycles. The molecule has 0 heterocycles. The molecule has 2 aromatic rings. The average molecular weight is 557 g/mol. The number of unbranched alkanes of at least 4 members (excludes halogenated alkanes) is 4. The Morgan fingerprint density at radius 2 is 1.59 bits per heavy atom. The zero-order chi connectivity index (χ0) is 28.8. The first-order chi connectivity index (χ1) is 18.2. The highest BCUT2D eigenvalue weighted by Gasteiger charge is 2.37. The summed E-state index contributed by atoms with van der Waals surface area (Å²) in [5, 5.41) is 20.7. The van der Waals surface area contributed by atoms with Crippen LogP contribution in [-0.4, -0.2) is 27.9 Å². The van der Waals surface area contributed by atoms with Crippen molar-refractivity contribution in [1.29, 1.82) is 0 Å². The molecule has 12 heteroatoms. The largest absolute Gasteiger partial charge is 0.596 e. The number of aliphatic carboxylic acids is 1. The molecule has 210 valence electrons. The van der Waals surface area contributed by atoms with Gasteiger partial charge >= 0.3 is 18.3 Å². The number of anilines is 1. The number of ketones is 1. The number of hydrazone groups is 1. The molecule has 0 bridgehead atoms. The van der Waals surface area contributed by atoms with Gasteiger partial charge in [0.15, 0.2) is 12.0 Å². The Labute approximate surface area is 220 Å². The molecule has 0 atom stereocenters. The van der Waals surface area contributed by atoms with Crippen molar-refractivity contribution in [2.45, 2.75) is 63.7 Å². The molecule has 0 radical (unpaired) electrons. The van der Waals surface area contributed by atoms with Gasteiger partial charge in [0, 0.05) is 24.0 Å². The van der Waals surface area contributed by atoms with Crippen LogP contribution in [0.25, 0.3) is 6.08 Å². The summed E-state index contributed by atoms with van der Waals surface area (Å²) in [5.41, 5.74) is 0.670. The molecule has 2 N–H and O–H groups in total. The smallest absolute Gasteiger partial charge is 0.416 e. The summed E-state index contributed by atoms with van der Waals surface area (Å²) in [4.78, 5) is 24.0. The Morgan fingerprint density at radius 3 is 2.21 bits per heavy atom.